The van der Waals surface area contributed by atoms with Crippen LogP contribution in [0.3, 0.4) is 0 Å². The van der Waals surface area contributed by atoms with Crippen LogP contribution >= 0.6 is 11.8 Å². The number of nitrogens with zero attached hydrogens (tertiary/aromatic N) is 2. The molecule has 0 spiro atoms. The average molecular weight is 411 g/mol. The van der Waals surface area contributed by atoms with E-state index in [9.17, 15) is 4.79 Å². The molecule has 0 radical (unpaired) electrons. The number of anilines is 1. The number of thioether (sulfide) groups is 1. The first-order chi connectivity index (χ1) is 14.0. The van der Waals surface area contributed by atoms with Crippen molar-refractivity contribution in [1.82, 2.24) is 10.3 Å². The molecule has 0 aliphatic carbocycles. The lowest BCUT2D eigenvalue weighted by molar-refractivity contribution is -0.118. The molecule has 2 aliphatic rings. The molecular weight excluding hydrogens is 384 g/mol. The van der Waals surface area contributed by atoms with Gasteiger partial charge in [0.1, 0.15) is 4.75 Å². The summed E-state index contributed by atoms with van der Waals surface area (Å²) >= 11 is 1.62. The lowest BCUT2D eigenvalue weighted by Gasteiger charge is -2.24. The van der Waals surface area contributed by atoms with Crippen LogP contribution in [0, 0.1) is 0 Å². The molecule has 1 aromatic carbocycles. The molecule has 4 rings (SSSR count). The Labute approximate surface area is 175 Å². The third-order valence-electron chi connectivity index (χ3n) is 5.32. The Balaban J connectivity index is 1.54. The minimum Gasteiger partial charge on any atom is -0.475 e. The van der Waals surface area contributed by atoms with Gasteiger partial charge in [0.05, 0.1) is 18.4 Å². The Hall–Kier alpha value is -2.38. The van der Waals surface area contributed by atoms with Crippen molar-refractivity contribution in [3.05, 3.63) is 53.2 Å². The van der Waals surface area contributed by atoms with Crippen LogP contribution in [0.4, 0.5) is 5.69 Å². The highest BCUT2D eigenvalue weighted by atomic mass is 32.2. The fourth-order valence-corrected chi connectivity index (χ4v) is 4.50. The summed E-state index contributed by atoms with van der Waals surface area (Å²) in [6.07, 6.45) is 4.72. The summed E-state index contributed by atoms with van der Waals surface area (Å²) in [6.45, 7) is 6.17. The number of hydrogen-bond donors (Lipinski definition) is 2. The molecule has 0 saturated carbocycles. The number of amides is 1. The summed E-state index contributed by atoms with van der Waals surface area (Å²) < 4.78 is 5.23. The number of pyridine rings is 1. The smallest absolute Gasteiger partial charge is 0.241 e. The molecule has 0 bridgehead atoms. The van der Waals surface area contributed by atoms with Crippen LogP contribution in [0.1, 0.15) is 37.0 Å². The van der Waals surface area contributed by atoms with Crippen molar-refractivity contribution in [2.45, 2.75) is 37.7 Å². The Morgan fingerprint density at radius 3 is 2.83 bits per heavy atom. The SMILES string of the molecule is CS[C@@]1(C(=O)Nc2ccc3c(c2)C(c2ccc(OC(C)C)nc2)=NC3)CCNC1. The van der Waals surface area contributed by atoms with E-state index in [1.807, 2.05) is 50.4 Å². The van der Waals surface area contributed by atoms with Gasteiger partial charge < -0.3 is 15.4 Å². The largest absolute Gasteiger partial charge is 0.475 e. The lowest BCUT2D eigenvalue weighted by Crippen LogP contribution is -2.41. The summed E-state index contributed by atoms with van der Waals surface area (Å²) in [5.41, 5.74) is 4.86. The van der Waals surface area contributed by atoms with Crippen LogP contribution in [-0.4, -0.2) is 46.8 Å². The molecule has 3 heterocycles. The topological polar surface area (TPSA) is 75.6 Å². The third kappa shape index (κ3) is 4.02. The number of aliphatic imine (C=N–C) groups is 1. The minimum atomic E-state index is -0.397. The second-order valence-corrected chi connectivity index (χ2v) is 8.86. The monoisotopic (exact) mass is 410 g/mol. The highest BCUT2D eigenvalue weighted by Gasteiger charge is 2.40. The zero-order chi connectivity index (χ0) is 20.4. The van der Waals surface area contributed by atoms with E-state index in [2.05, 4.69) is 15.6 Å². The maximum Gasteiger partial charge on any atom is 0.241 e. The fourth-order valence-electron chi connectivity index (χ4n) is 3.72. The Morgan fingerprint density at radius 1 is 1.31 bits per heavy atom. The van der Waals surface area contributed by atoms with Crippen LogP contribution in [0.25, 0.3) is 0 Å². The van der Waals surface area contributed by atoms with Crippen molar-refractivity contribution in [1.29, 1.82) is 0 Å². The number of carbonyl (C=O) groups excluding carboxylic acids is 1. The minimum absolute atomic E-state index is 0.0586. The summed E-state index contributed by atoms with van der Waals surface area (Å²) in [4.78, 5) is 22.0. The van der Waals surface area contributed by atoms with Gasteiger partial charge in [-0.1, -0.05) is 6.07 Å². The molecule has 6 nitrogen and oxygen atoms in total. The number of ether oxygens (including phenoxy) is 1. The fraction of sp³-hybridized carbons (Fsp3) is 0.409. The van der Waals surface area contributed by atoms with E-state index in [0.717, 1.165) is 41.1 Å². The first-order valence-corrected chi connectivity index (χ1v) is 11.1. The zero-order valence-electron chi connectivity index (χ0n) is 17.0. The summed E-state index contributed by atoms with van der Waals surface area (Å²) in [5.74, 6) is 0.666. The van der Waals surface area contributed by atoms with Crippen molar-refractivity contribution in [2.75, 3.05) is 24.7 Å². The van der Waals surface area contributed by atoms with Crippen LogP contribution in [-0.2, 0) is 11.3 Å². The third-order valence-corrected chi connectivity index (χ3v) is 6.63. The normalized spacial score (nSPS) is 20.5. The van der Waals surface area contributed by atoms with Crippen molar-refractivity contribution < 1.29 is 9.53 Å². The number of rotatable bonds is 6. The molecule has 2 aromatic rings. The summed E-state index contributed by atoms with van der Waals surface area (Å²) in [5, 5.41) is 6.42. The van der Waals surface area contributed by atoms with Crippen LogP contribution in [0.2, 0.25) is 0 Å². The van der Waals surface area contributed by atoms with E-state index < -0.39 is 4.75 Å². The quantitative estimate of drug-likeness (QED) is 0.765. The van der Waals surface area contributed by atoms with Crippen molar-refractivity contribution in [2.24, 2.45) is 4.99 Å². The molecule has 1 aromatic heterocycles. The molecule has 1 saturated heterocycles. The van der Waals surface area contributed by atoms with E-state index in [1.165, 1.54) is 0 Å². The van der Waals surface area contributed by atoms with Crippen molar-refractivity contribution >= 4 is 29.1 Å². The first kappa shape index (κ1) is 19.9. The van der Waals surface area contributed by atoms with Gasteiger partial charge in [-0.25, -0.2) is 4.98 Å². The molecular formula is C22H26N4O2S. The Kier molecular flexibility index (Phi) is 5.61. The van der Waals surface area contributed by atoms with E-state index in [-0.39, 0.29) is 12.0 Å². The van der Waals surface area contributed by atoms with E-state index in [4.69, 9.17) is 9.73 Å². The zero-order valence-corrected chi connectivity index (χ0v) is 17.8. The van der Waals surface area contributed by atoms with Crippen LogP contribution < -0.4 is 15.4 Å². The molecule has 2 aliphatic heterocycles. The highest BCUT2D eigenvalue weighted by Crippen LogP contribution is 2.32. The van der Waals surface area contributed by atoms with Crippen LogP contribution in [0.15, 0.2) is 41.5 Å². The Morgan fingerprint density at radius 2 is 2.17 bits per heavy atom. The maximum absolute atomic E-state index is 12.9. The standard InChI is InChI=1S/C22H26N4O2S/c1-14(2)28-19-7-5-16(12-24-19)20-18-10-17(6-4-15(18)11-25-20)26-21(27)22(29-3)8-9-23-13-22/h4-7,10,12,14,23H,8-9,11,13H2,1-3H3,(H,26,27)/t22-/m0/s1. The summed E-state index contributed by atoms with van der Waals surface area (Å²) in [6, 6.07) is 9.88. The van der Waals surface area contributed by atoms with Gasteiger partial charge in [-0.3, -0.25) is 9.79 Å². The second-order valence-electron chi connectivity index (χ2n) is 7.67. The molecule has 2 N–H and O–H groups in total. The number of carbonyl (C=O) groups is 1. The van der Waals surface area contributed by atoms with E-state index in [1.54, 1.807) is 18.0 Å². The first-order valence-electron chi connectivity index (χ1n) is 9.89. The van der Waals surface area contributed by atoms with Gasteiger partial charge in [-0.15, -0.1) is 11.8 Å². The van der Waals surface area contributed by atoms with E-state index >= 15 is 0 Å². The van der Waals surface area contributed by atoms with Gasteiger partial charge in [0.25, 0.3) is 0 Å². The second kappa shape index (κ2) is 8.16. The van der Waals surface area contributed by atoms with Gasteiger partial charge in [0, 0.05) is 35.6 Å². The van der Waals surface area contributed by atoms with Gasteiger partial charge in [-0.05, 0) is 56.8 Å². The Bertz CT molecular complexity index is 934. The summed E-state index contributed by atoms with van der Waals surface area (Å²) in [7, 11) is 0. The highest BCUT2D eigenvalue weighted by molar-refractivity contribution is 8.00. The maximum atomic E-state index is 12.9. The number of benzene rings is 1. The molecule has 29 heavy (non-hydrogen) atoms. The molecule has 152 valence electrons. The molecule has 1 atom stereocenters. The predicted molar refractivity (Wildman–Crippen MR) is 118 cm³/mol. The average Bonchev–Trinajstić information content (AvgIpc) is 3.36. The van der Waals surface area contributed by atoms with Gasteiger partial charge >= 0.3 is 0 Å². The van der Waals surface area contributed by atoms with E-state index in [0.29, 0.717) is 19.0 Å². The molecule has 0 unspecified atom stereocenters. The van der Waals surface area contributed by atoms with Crippen molar-refractivity contribution in [3.8, 4) is 5.88 Å². The molecule has 7 heteroatoms. The van der Waals surface area contributed by atoms with Gasteiger partial charge in [0.2, 0.25) is 11.8 Å². The number of hydrogen-bond acceptors (Lipinski definition) is 6. The number of fused-ring (bicyclic) bond motifs is 1. The predicted octanol–water partition coefficient (Wildman–Crippen LogP) is 3.25. The molecule has 1 fully saturated rings. The van der Waals surface area contributed by atoms with Crippen LogP contribution in [0.5, 0.6) is 5.88 Å². The number of aromatic nitrogens is 1. The van der Waals surface area contributed by atoms with Gasteiger partial charge in [-0.2, -0.15) is 0 Å². The van der Waals surface area contributed by atoms with Gasteiger partial charge in [0.15, 0.2) is 0 Å². The number of nitrogens with one attached hydrogen (secondary N) is 2. The lowest BCUT2D eigenvalue weighted by atomic mass is 10.00. The van der Waals surface area contributed by atoms with Crippen molar-refractivity contribution in [3.63, 3.8) is 0 Å². The molecule has 1 amide bonds.